The molecule has 65 heavy (non-hydrogen) atoms. The maximum absolute atomic E-state index is 12.4. The summed E-state index contributed by atoms with van der Waals surface area (Å²) in [5.41, 5.74) is 0. The fraction of sp³-hybridized carbons (Fsp3) is 0.898. The second-order valence-corrected chi connectivity index (χ2v) is 20.0. The SMILES string of the molecule is CCCCCC/C=C\CCCCCCCC(=O)OCCCCCCCCCCCCCCCCCCCCCCCCCCCC(=O)NC(CO)C(O)/C=C/CCCCCCCCCC. The number of hydrogen-bond acceptors (Lipinski definition) is 5. The highest BCUT2D eigenvalue weighted by Crippen LogP contribution is 2.17. The van der Waals surface area contributed by atoms with Crippen LogP contribution in [0, 0.1) is 0 Å². The van der Waals surface area contributed by atoms with Crippen molar-refractivity contribution in [3.63, 3.8) is 0 Å². The molecule has 0 bridgehead atoms. The molecule has 384 valence electrons. The molecule has 0 aromatic heterocycles. The number of allylic oxidation sites excluding steroid dienone is 3. The van der Waals surface area contributed by atoms with Crippen molar-refractivity contribution in [3.8, 4) is 0 Å². The van der Waals surface area contributed by atoms with E-state index in [1.165, 1.54) is 244 Å². The molecule has 0 rings (SSSR count). The van der Waals surface area contributed by atoms with E-state index in [0.717, 1.165) is 44.9 Å². The van der Waals surface area contributed by atoms with Gasteiger partial charge in [-0.15, -0.1) is 0 Å². The van der Waals surface area contributed by atoms with Gasteiger partial charge in [-0.1, -0.05) is 269 Å². The van der Waals surface area contributed by atoms with E-state index >= 15 is 0 Å². The van der Waals surface area contributed by atoms with E-state index in [9.17, 15) is 19.8 Å². The van der Waals surface area contributed by atoms with Gasteiger partial charge in [-0.2, -0.15) is 0 Å². The second kappa shape index (κ2) is 54.9. The number of hydrogen-bond donors (Lipinski definition) is 3. The molecular weight excluding hydrogens is 803 g/mol. The number of nitrogens with one attached hydrogen (secondary N) is 1. The summed E-state index contributed by atoms with van der Waals surface area (Å²) < 4.78 is 5.47. The zero-order chi connectivity index (χ0) is 47.2. The lowest BCUT2D eigenvalue weighted by atomic mass is 10.0. The number of unbranched alkanes of at least 4 members (excludes halogenated alkanes) is 41. The molecule has 0 fully saturated rings. The number of carbonyl (C=O) groups excluding carboxylic acids is 2. The van der Waals surface area contributed by atoms with Gasteiger partial charge < -0.3 is 20.3 Å². The summed E-state index contributed by atoms with van der Waals surface area (Å²) in [7, 11) is 0. The molecule has 0 spiro atoms. The minimum absolute atomic E-state index is 0.00653. The Morgan fingerprint density at radius 1 is 0.415 bits per heavy atom. The number of rotatable bonds is 54. The zero-order valence-corrected chi connectivity index (χ0v) is 43.7. The first-order chi connectivity index (χ1) is 32.0. The number of carbonyl (C=O) groups is 2. The molecule has 6 heteroatoms. The maximum atomic E-state index is 12.4. The standard InChI is InChI=1S/C59H113NO5/c1-3-5-7-9-11-13-15-29-33-37-41-45-49-53-59(64)65-54-50-46-42-38-34-31-28-26-24-22-20-18-16-17-19-21-23-25-27-30-32-36-40-44-48-52-58(63)60-56(55-61)57(62)51-47-43-39-35-14-12-10-8-6-4-2/h13,15,47,51,56-57,61-62H,3-12,14,16-46,48-50,52-55H2,1-2H3,(H,60,63)/b15-13-,51-47+. The molecule has 2 unspecified atom stereocenters. The molecule has 0 aliphatic rings. The Hall–Kier alpha value is -1.66. The molecule has 3 N–H and O–H groups in total. The third kappa shape index (κ3) is 51.6. The average molecular weight is 917 g/mol. The van der Waals surface area contributed by atoms with E-state index in [2.05, 4.69) is 31.3 Å². The van der Waals surface area contributed by atoms with Crippen LogP contribution < -0.4 is 5.32 Å². The molecule has 0 aliphatic heterocycles. The van der Waals surface area contributed by atoms with Crippen LogP contribution >= 0.6 is 0 Å². The maximum Gasteiger partial charge on any atom is 0.305 e. The van der Waals surface area contributed by atoms with E-state index in [-0.39, 0.29) is 18.5 Å². The molecule has 1 amide bonds. The molecule has 0 saturated heterocycles. The van der Waals surface area contributed by atoms with Crippen molar-refractivity contribution in [3.05, 3.63) is 24.3 Å². The van der Waals surface area contributed by atoms with E-state index in [1.807, 2.05) is 6.08 Å². The number of amides is 1. The van der Waals surface area contributed by atoms with Crippen molar-refractivity contribution in [2.24, 2.45) is 0 Å². The Labute approximate surface area is 405 Å². The largest absolute Gasteiger partial charge is 0.466 e. The van der Waals surface area contributed by atoms with Gasteiger partial charge in [0.2, 0.25) is 5.91 Å². The lowest BCUT2D eigenvalue weighted by molar-refractivity contribution is -0.143. The first-order valence-electron chi connectivity index (χ1n) is 29.1. The molecule has 0 saturated carbocycles. The van der Waals surface area contributed by atoms with E-state index in [4.69, 9.17) is 4.74 Å². The topological polar surface area (TPSA) is 95.9 Å². The summed E-state index contributed by atoms with van der Waals surface area (Å²) in [4.78, 5) is 24.4. The Kier molecular flexibility index (Phi) is 53.5. The number of aliphatic hydroxyl groups is 2. The van der Waals surface area contributed by atoms with Crippen LogP contribution in [0.3, 0.4) is 0 Å². The van der Waals surface area contributed by atoms with E-state index < -0.39 is 12.1 Å². The molecule has 0 aromatic rings. The molecule has 6 nitrogen and oxygen atoms in total. The first kappa shape index (κ1) is 63.3. The van der Waals surface area contributed by atoms with Crippen LogP contribution in [0.1, 0.15) is 316 Å². The van der Waals surface area contributed by atoms with Gasteiger partial charge in [0.05, 0.1) is 25.4 Å². The van der Waals surface area contributed by atoms with Crippen LogP contribution in [0.2, 0.25) is 0 Å². The van der Waals surface area contributed by atoms with Crippen molar-refractivity contribution in [2.75, 3.05) is 13.2 Å². The van der Waals surface area contributed by atoms with E-state index in [1.54, 1.807) is 6.08 Å². The minimum Gasteiger partial charge on any atom is -0.466 e. The third-order valence-corrected chi connectivity index (χ3v) is 13.5. The van der Waals surface area contributed by atoms with Crippen LogP contribution in [-0.4, -0.2) is 47.4 Å². The van der Waals surface area contributed by atoms with Crippen LogP contribution in [0.5, 0.6) is 0 Å². The predicted molar refractivity (Wildman–Crippen MR) is 283 cm³/mol. The smallest absolute Gasteiger partial charge is 0.305 e. The summed E-state index contributed by atoms with van der Waals surface area (Å²) in [5.74, 6) is -0.0611. The van der Waals surface area contributed by atoms with E-state index in [0.29, 0.717) is 19.4 Å². The van der Waals surface area contributed by atoms with Gasteiger partial charge in [-0.25, -0.2) is 0 Å². The molecular formula is C59H113NO5. The number of esters is 1. The van der Waals surface area contributed by atoms with Gasteiger partial charge in [0.25, 0.3) is 0 Å². The molecule has 0 heterocycles. The van der Waals surface area contributed by atoms with Gasteiger partial charge >= 0.3 is 5.97 Å². The number of aliphatic hydroxyl groups excluding tert-OH is 2. The Bertz CT molecular complexity index is 1010. The summed E-state index contributed by atoms with van der Waals surface area (Å²) in [5, 5.41) is 23.0. The van der Waals surface area contributed by atoms with Crippen LogP contribution in [0.25, 0.3) is 0 Å². The normalized spacial score (nSPS) is 12.7. The zero-order valence-electron chi connectivity index (χ0n) is 43.7. The fourth-order valence-electron chi connectivity index (χ4n) is 8.98. The Morgan fingerprint density at radius 3 is 1.11 bits per heavy atom. The van der Waals surface area contributed by atoms with Crippen LogP contribution in [-0.2, 0) is 14.3 Å². The highest BCUT2D eigenvalue weighted by Gasteiger charge is 2.18. The van der Waals surface area contributed by atoms with Crippen molar-refractivity contribution in [1.29, 1.82) is 0 Å². The minimum atomic E-state index is -0.841. The summed E-state index contributed by atoms with van der Waals surface area (Å²) >= 11 is 0. The highest BCUT2D eigenvalue weighted by molar-refractivity contribution is 5.76. The Morgan fingerprint density at radius 2 is 0.723 bits per heavy atom. The van der Waals surface area contributed by atoms with Crippen LogP contribution in [0.15, 0.2) is 24.3 Å². The van der Waals surface area contributed by atoms with Crippen molar-refractivity contribution in [1.82, 2.24) is 5.32 Å². The number of ether oxygens (including phenoxy) is 1. The summed E-state index contributed by atoms with van der Waals surface area (Å²) in [6.45, 7) is 4.88. The molecule has 0 aliphatic carbocycles. The Balaban J connectivity index is 3.35. The lowest BCUT2D eigenvalue weighted by Gasteiger charge is -2.20. The van der Waals surface area contributed by atoms with Gasteiger partial charge in [-0.05, 0) is 57.8 Å². The quantitative estimate of drug-likeness (QED) is 0.0321. The van der Waals surface area contributed by atoms with Crippen molar-refractivity contribution in [2.45, 2.75) is 328 Å². The highest BCUT2D eigenvalue weighted by atomic mass is 16.5. The first-order valence-corrected chi connectivity index (χ1v) is 29.1. The van der Waals surface area contributed by atoms with Gasteiger partial charge in [-0.3, -0.25) is 9.59 Å². The van der Waals surface area contributed by atoms with Crippen molar-refractivity contribution < 1.29 is 24.5 Å². The average Bonchev–Trinajstić information content (AvgIpc) is 3.31. The molecule has 0 radical (unpaired) electrons. The molecule has 0 aromatic carbocycles. The van der Waals surface area contributed by atoms with Gasteiger partial charge in [0.15, 0.2) is 0 Å². The summed E-state index contributed by atoms with van der Waals surface area (Å²) in [6.07, 6.45) is 66.5. The van der Waals surface area contributed by atoms with Crippen LogP contribution in [0.4, 0.5) is 0 Å². The monoisotopic (exact) mass is 916 g/mol. The fourth-order valence-corrected chi connectivity index (χ4v) is 8.98. The van der Waals surface area contributed by atoms with Gasteiger partial charge in [0, 0.05) is 12.8 Å². The lowest BCUT2D eigenvalue weighted by Crippen LogP contribution is -2.45. The second-order valence-electron chi connectivity index (χ2n) is 20.0. The molecule has 2 atom stereocenters. The summed E-state index contributed by atoms with van der Waals surface area (Å²) in [6, 6.07) is -0.624. The third-order valence-electron chi connectivity index (χ3n) is 13.5. The van der Waals surface area contributed by atoms with Gasteiger partial charge in [0.1, 0.15) is 0 Å². The van der Waals surface area contributed by atoms with Crippen molar-refractivity contribution >= 4 is 11.9 Å². The predicted octanol–water partition coefficient (Wildman–Crippen LogP) is 17.9.